The number of benzene rings is 2. The standard InChI is InChI=1S/C32H43N3O4/c1-8-10-11-12-13-21-35(27(36)22-33-31(38)39-32(5,6)7)29(26-19-17-25(9-2)18-20-26)30(37)34-28-23(3)15-14-16-24(28)4/h2,14-20,29H,8,10-13,21-22H2,1,3-7H3,(H,33,38)(H,34,37). The Labute approximate surface area is 233 Å². The first-order valence-electron chi connectivity index (χ1n) is 13.7. The van der Waals surface area contributed by atoms with Crippen molar-refractivity contribution in [1.29, 1.82) is 0 Å². The van der Waals surface area contributed by atoms with Gasteiger partial charge in [-0.05, 0) is 69.9 Å². The lowest BCUT2D eigenvalue weighted by molar-refractivity contribution is -0.138. The van der Waals surface area contributed by atoms with Crippen LogP contribution >= 0.6 is 0 Å². The number of unbranched alkanes of at least 4 members (excludes halogenated alkanes) is 4. The number of hydrogen-bond donors (Lipinski definition) is 2. The Balaban J connectivity index is 2.42. The minimum atomic E-state index is -0.921. The number of nitrogens with one attached hydrogen (secondary N) is 2. The van der Waals surface area contributed by atoms with E-state index in [9.17, 15) is 14.4 Å². The van der Waals surface area contributed by atoms with Gasteiger partial charge >= 0.3 is 6.09 Å². The smallest absolute Gasteiger partial charge is 0.408 e. The van der Waals surface area contributed by atoms with Crippen molar-refractivity contribution in [2.45, 2.75) is 85.3 Å². The molecule has 39 heavy (non-hydrogen) atoms. The summed E-state index contributed by atoms with van der Waals surface area (Å²) in [5.74, 6) is 1.88. The number of carbonyl (C=O) groups is 3. The molecule has 2 aromatic rings. The Morgan fingerprint density at radius 3 is 2.15 bits per heavy atom. The maximum atomic E-state index is 13.9. The SMILES string of the molecule is C#Cc1ccc(C(C(=O)Nc2c(C)cccc2C)N(CCCCCCC)C(=O)CNC(=O)OC(C)(C)C)cc1. The molecule has 7 heteroatoms. The maximum absolute atomic E-state index is 13.9. The highest BCUT2D eigenvalue weighted by molar-refractivity contribution is 5.99. The number of ether oxygens (including phenoxy) is 1. The zero-order valence-electron chi connectivity index (χ0n) is 24.2. The molecule has 0 aliphatic rings. The van der Waals surface area contributed by atoms with Crippen molar-refractivity contribution >= 4 is 23.6 Å². The normalized spacial score (nSPS) is 11.7. The number of para-hydroxylation sites is 1. The molecule has 0 radical (unpaired) electrons. The second kappa shape index (κ2) is 15.0. The number of aryl methyl sites for hydroxylation is 2. The van der Waals surface area contributed by atoms with Crippen LogP contribution in [0, 0.1) is 26.2 Å². The highest BCUT2D eigenvalue weighted by atomic mass is 16.6. The first kappa shape index (κ1) is 31.4. The van der Waals surface area contributed by atoms with Gasteiger partial charge in [-0.3, -0.25) is 9.59 Å². The van der Waals surface area contributed by atoms with Gasteiger partial charge in [-0.1, -0.05) is 68.9 Å². The number of anilines is 1. The number of hydrogen-bond acceptors (Lipinski definition) is 4. The molecule has 0 aliphatic carbocycles. The second-order valence-corrected chi connectivity index (χ2v) is 10.8. The Morgan fingerprint density at radius 1 is 0.974 bits per heavy atom. The topological polar surface area (TPSA) is 87.7 Å². The van der Waals surface area contributed by atoms with Crippen molar-refractivity contribution in [2.24, 2.45) is 0 Å². The Kier molecular flexibility index (Phi) is 12.1. The van der Waals surface area contributed by atoms with E-state index in [4.69, 9.17) is 11.2 Å². The molecule has 1 unspecified atom stereocenters. The Bertz CT molecular complexity index is 1140. The van der Waals surface area contributed by atoms with Gasteiger partial charge in [0.15, 0.2) is 0 Å². The van der Waals surface area contributed by atoms with Crippen molar-refractivity contribution in [2.75, 3.05) is 18.4 Å². The quantitative estimate of drug-likeness (QED) is 0.248. The molecule has 7 nitrogen and oxygen atoms in total. The van der Waals surface area contributed by atoms with Crippen LogP contribution < -0.4 is 10.6 Å². The number of nitrogens with zero attached hydrogens (tertiary/aromatic N) is 1. The number of alkyl carbamates (subject to hydrolysis) is 1. The van der Waals surface area contributed by atoms with E-state index in [2.05, 4.69) is 23.5 Å². The molecule has 2 aromatic carbocycles. The predicted molar refractivity (Wildman–Crippen MR) is 156 cm³/mol. The largest absolute Gasteiger partial charge is 0.444 e. The second-order valence-electron chi connectivity index (χ2n) is 10.8. The van der Waals surface area contributed by atoms with E-state index in [1.807, 2.05) is 32.0 Å². The molecule has 0 heterocycles. The van der Waals surface area contributed by atoms with Crippen molar-refractivity contribution < 1.29 is 19.1 Å². The summed E-state index contributed by atoms with van der Waals surface area (Å²) < 4.78 is 5.30. The fourth-order valence-electron chi connectivity index (χ4n) is 4.28. The lowest BCUT2D eigenvalue weighted by atomic mass is 10.0. The molecule has 0 spiro atoms. The molecule has 2 rings (SSSR count). The fourth-order valence-corrected chi connectivity index (χ4v) is 4.28. The maximum Gasteiger partial charge on any atom is 0.408 e. The molecule has 0 aliphatic heterocycles. The molecule has 3 amide bonds. The van der Waals surface area contributed by atoms with Gasteiger partial charge in [-0.2, -0.15) is 0 Å². The summed E-state index contributed by atoms with van der Waals surface area (Å²) in [4.78, 5) is 41.4. The zero-order chi connectivity index (χ0) is 29.0. The molecular weight excluding hydrogens is 490 g/mol. The number of rotatable bonds is 12. The van der Waals surface area contributed by atoms with Crippen LogP contribution in [0.2, 0.25) is 0 Å². The first-order valence-corrected chi connectivity index (χ1v) is 13.7. The molecule has 0 saturated heterocycles. The molecule has 0 saturated carbocycles. The van der Waals surface area contributed by atoms with Crippen molar-refractivity contribution in [3.63, 3.8) is 0 Å². The van der Waals surface area contributed by atoms with Crippen LogP contribution in [0.15, 0.2) is 42.5 Å². The Morgan fingerprint density at radius 2 is 1.59 bits per heavy atom. The highest BCUT2D eigenvalue weighted by Gasteiger charge is 2.32. The van der Waals surface area contributed by atoms with Crippen LogP contribution in [-0.2, 0) is 14.3 Å². The van der Waals surface area contributed by atoms with Gasteiger partial charge < -0.3 is 20.3 Å². The minimum absolute atomic E-state index is 0.292. The third kappa shape index (κ3) is 10.1. The molecule has 210 valence electrons. The van der Waals surface area contributed by atoms with Crippen LogP contribution in [0.4, 0.5) is 10.5 Å². The molecule has 0 aromatic heterocycles. The first-order chi connectivity index (χ1) is 18.5. The molecular formula is C32H43N3O4. The van der Waals surface area contributed by atoms with E-state index in [0.717, 1.165) is 48.9 Å². The van der Waals surface area contributed by atoms with Crippen LogP contribution in [0.25, 0.3) is 0 Å². The van der Waals surface area contributed by atoms with E-state index in [-0.39, 0.29) is 18.4 Å². The third-order valence-electron chi connectivity index (χ3n) is 6.29. The summed E-state index contributed by atoms with van der Waals surface area (Å²) in [6.07, 6.45) is 9.78. The van der Waals surface area contributed by atoms with Gasteiger partial charge in [0.1, 0.15) is 18.2 Å². The summed E-state index contributed by atoms with van der Waals surface area (Å²) in [5, 5.41) is 5.61. The summed E-state index contributed by atoms with van der Waals surface area (Å²) in [6, 6.07) is 12.0. The summed E-state index contributed by atoms with van der Waals surface area (Å²) in [6.45, 7) is 11.3. The van der Waals surface area contributed by atoms with Crippen LogP contribution in [-0.4, -0.2) is 41.5 Å². The van der Waals surface area contributed by atoms with Crippen molar-refractivity contribution in [1.82, 2.24) is 10.2 Å². The number of terminal acetylenes is 1. The molecule has 0 bridgehead atoms. The van der Waals surface area contributed by atoms with E-state index >= 15 is 0 Å². The van der Waals surface area contributed by atoms with Crippen LogP contribution in [0.5, 0.6) is 0 Å². The van der Waals surface area contributed by atoms with Crippen LogP contribution in [0.1, 0.15) is 88.1 Å². The molecule has 2 N–H and O–H groups in total. The van der Waals surface area contributed by atoms with Crippen molar-refractivity contribution in [3.05, 3.63) is 64.7 Å². The summed E-state index contributed by atoms with van der Waals surface area (Å²) in [5.41, 5.74) is 3.19. The Hall–Kier alpha value is -3.79. The van der Waals surface area contributed by atoms with E-state index in [1.165, 1.54) is 0 Å². The monoisotopic (exact) mass is 533 g/mol. The van der Waals surface area contributed by atoms with Gasteiger partial charge in [0.05, 0.1) is 0 Å². The van der Waals surface area contributed by atoms with Gasteiger partial charge in [-0.15, -0.1) is 6.42 Å². The minimum Gasteiger partial charge on any atom is -0.444 e. The zero-order valence-corrected chi connectivity index (χ0v) is 24.2. The lowest BCUT2D eigenvalue weighted by Gasteiger charge is -2.32. The summed E-state index contributed by atoms with van der Waals surface area (Å²) >= 11 is 0. The van der Waals surface area contributed by atoms with E-state index in [1.54, 1.807) is 49.9 Å². The third-order valence-corrected chi connectivity index (χ3v) is 6.29. The number of amides is 3. The molecule has 1 atom stereocenters. The van der Waals surface area contributed by atoms with E-state index < -0.39 is 17.7 Å². The average molecular weight is 534 g/mol. The molecule has 0 fully saturated rings. The summed E-state index contributed by atoms with van der Waals surface area (Å²) in [7, 11) is 0. The van der Waals surface area contributed by atoms with Gasteiger partial charge in [0.2, 0.25) is 5.91 Å². The predicted octanol–water partition coefficient (Wildman–Crippen LogP) is 6.29. The highest BCUT2D eigenvalue weighted by Crippen LogP contribution is 2.27. The fraction of sp³-hybridized carbons (Fsp3) is 0.469. The number of carbonyl (C=O) groups excluding carboxylic acids is 3. The van der Waals surface area contributed by atoms with E-state index in [0.29, 0.717) is 17.7 Å². The lowest BCUT2D eigenvalue weighted by Crippen LogP contribution is -2.47. The van der Waals surface area contributed by atoms with Crippen molar-refractivity contribution in [3.8, 4) is 12.3 Å². The van der Waals surface area contributed by atoms with Gasteiger partial charge in [0.25, 0.3) is 5.91 Å². The van der Waals surface area contributed by atoms with Gasteiger partial charge in [-0.25, -0.2) is 4.79 Å². The average Bonchev–Trinajstić information content (AvgIpc) is 2.88. The van der Waals surface area contributed by atoms with Gasteiger partial charge in [0, 0.05) is 17.8 Å². The van der Waals surface area contributed by atoms with Crippen LogP contribution in [0.3, 0.4) is 0 Å².